The molecule has 0 amide bonds. The quantitative estimate of drug-likeness (QED) is 0.158. The number of nitrogens with zero attached hydrogens (tertiary/aromatic N) is 1. The zero-order chi connectivity index (χ0) is 38.5. The third kappa shape index (κ3) is 6.12. The number of hydrogen-bond donors (Lipinski definition) is 0. The van der Waals surface area contributed by atoms with E-state index in [1.807, 2.05) is 0 Å². The Morgan fingerprint density at radius 2 is 1.09 bits per heavy atom. The molecule has 0 saturated carbocycles. The van der Waals surface area contributed by atoms with E-state index in [4.69, 9.17) is 0 Å². The summed E-state index contributed by atoms with van der Waals surface area (Å²) in [6.07, 6.45) is 5.85. The summed E-state index contributed by atoms with van der Waals surface area (Å²) in [7, 11) is 0. The number of benzene rings is 8. The minimum absolute atomic E-state index is 0.0129. The van der Waals surface area contributed by atoms with Crippen LogP contribution in [0.3, 0.4) is 0 Å². The molecule has 2 aliphatic rings. The molecule has 0 heterocycles. The van der Waals surface area contributed by atoms with Gasteiger partial charge >= 0.3 is 0 Å². The lowest BCUT2D eigenvalue weighted by molar-refractivity contribution is 0.643. The number of para-hydroxylation sites is 1. The van der Waals surface area contributed by atoms with E-state index in [9.17, 15) is 0 Å². The van der Waals surface area contributed by atoms with Gasteiger partial charge in [-0.2, -0.15) is 0 Å². The van der Waals surface area contributed by atoms with Gasteiger partial charge in [0.2, 0.25) is 0 Å². The Morgan fingerprint density at radius 1 is 0.474 bits per heavy atom. The summed E-state index contributed by atoms with van der Waals surface area (Å²) in [5, 5.41) is 2.51. The lowest BCUT2D eigenvalue weighted by Crippen LogP contribution is -2.17. The molecule has 0 aliphatic heterocycles. The van der Waals surface area contributed by atoms with Gasteiger partial charge in [-0.25, -0.2) is 0 Å². The number of rotatable bonds is 7. The lowest BCUT2D eigenvalue weighted by Gasteiger charge is -2.28. The highest BCUT2D eigenvalue weighted by molar-refractivity contribution is 5.98. The van der Waals surface area contributed by atoms with Gasteiger partial charge in [-0.3, -0.25) is 0 Å². The minimum atomic E-state index is -0.0129. The predicted molar refractivity (Wildman–Crippen MR) is 243 cm³/mol. The number of anilines is 3. The maximum absolute atomic E-state index is 2.45. The van der Waals surface area contributed by atoms with E-state index in [1.165, 1.54) is 77.6 Å². The smallest absolute Gasteiger partial charge is 0.0540 e. The van der Waals surface area contributed by atoms with Crippen molar-refractivity contribution in [3.63, 3.8) is 0 Å². The van der Waals surface area contributed by atoms with Crippen LogP contribution < -0.4 is 4.90 Å². The molecule has 57 heavy (non-hydrogen) atoms. The second-order valence-corrected chi connectivity index (χ2v) is 16.2. The number of fused-ring (bicyclic) bond motifs is 3. The minimum Gasteiger partial charge on any atom is -0.310 e. The van der Waals surface area contributed by atoms with E-state index < -0.39 is 0 Å². The molecule has 0 saturated heterocycles. The van der Waals surface area contributed by atoms with Gasteiger partial charge in [-0.15, -0.1) is 0 Å². The summed E-state index contributed by atoms with van der Waals surface area (Å²) in [6.45, 7) is 7.15. The van der Waals surface area contributed by atoms with Gasteiger partial charge in [0.15, 0.2) is 0 Å². The maximum Gasteiger partial charge on any atom is 0.0540 e. The highest BCUT2D eigenvalue weighted by Crippen LogP contribution is 2.52. The second-order valence-electron chi connectivity index (χ2n) is 16.2. The molecule has 0 fully saturated rings. The first-order valence-electron chi connectivity index (χ1n) is 20.2. The second kappa shape index (κ2) is 14.1. The standard InChI is InChI=1S/C56H45N/c1-38-15-11-27-52-55(38)51-34-31-43(37-53(51)56(52,2)3)40-29-32-46(33-30-40)57(47-23-13-20-42(36-47)39-16-5-4-6-17-39)54-28-10-9-25-50(54)45-22-12-21-44(35-45)49-26-14-19-41-18-7-8-24-48(41)49/h4-14,16-38H,15H2,1-3H3. The van der Waals surface area contributed by atoms with Crippen LogP contribution in [0.4, 0.5) is 17.1 Å². The molecule has 1 unspecified atom stereocenters. The van der Waals surface area contributed by atoms with Crippen molar-refractivity contribution in [3.05, 3.63) is 217 Å². The van der Waals surface area contributed by atoms with Crippen molar-refractivity contribution in [1.29, 1.82) is 0 Å². The fourth-order valence-corrected chi connectivity index (χ4v) is 9.37. The normalized spacial score (nSPS) is 15.4. The SMILES string of the molecule is CC1CC=CC2=C1c1ccc(-c3ccc(N(c4cccc(-c5ccccc5)c4)c4ccccc4-c4cccc(-c5cccc6ccccc56)c4)cc3)cc1C2(C)C. The first-order valence-corrected chi connectivity index (χ1v) is 20.2. The van der Waals surface area contributed by atoms with Crippen LogP contribution in [0.1, 0.15) is 38.3 Å². The highest BCUT2D eigenvalue weighted by atomic mass is 15.1. The Balaban J connectivity index is 1.08. The van der Waals surface area contributed by atoms with Crippen molar-refractivity contribution in [3.8, 4) is 44.5 Å². The van der Waals surface area contributed by atoms with Crippen LogP contribution in [0.2, 0.25) is 0 Å². The van der Waals surface area contributed by atoms with Crippen molar-refractivity contribution < 1.29 is 0 Å². The Bertz CT molecular complexity index is 2850. The molecule has 8 aromatic rings. The molecule has 0 radical (unpaired) electrons. The third-order valence-electron chi connectivity index (χ3n) is 12.3. The van der Waals surface area contributed by atoms with E-state index >= 15 is 0 Å². The van der Waals surface area contributed by atoms with Crippen molar-refractivity contribution >= 4 is 33.4 Å². The maximum atomic E-state index is 2.45. The van der Waals surface area contributed by atoms with Gasteiger partial charge in [0.1, 0.15) is 0 Å². The molecule has 10 rings (SSSR count). The predicted octanol–water partition coefficient (Wildman–Crippen LogP) is 15.6. The van der Waals surface area contributed by atoms with Gasteiger partial charge in [0.05, 0.1) is 5.69 Å². The highest BCUT2D eigenvalue weighted by Gasteiger charge is 2.39. The van der Waals surface area contributed by atoms with Crippen LogP contribution in [-0.2, 0) is 5.41 Å². The first kappa shape index (κ1) is 34.8. The average molecular weight is 732 g/mol. The zero-order valence-electron chi connectivity index (χ0n) is 32.8. The molecular formula is C56H45N. The molecule has 8 aromatic carbocycles. The molecule has 0 aromatic heterocycles. The van der Waals surface area contributed by atoms with E-state index in [1.54, 1.807) is 0 Å². The molecule has 1 nitrogen and oxygen atoms in total. The Morgan fingerprint density at radius 3 is 1.95 bits per heavy atom. The Kier molecular flexibility index (Phi) is 8.60. The molecule has 274 valence electrons. The first-order chi connectivity index (χ1) is 27.9. The molecule has 2 aliphatic carbocycles. The van der Waals surface area contributed by atoms with Crippen LogP contribution in [0.15, 0.2) is 206 Å². The van der Waals surface area contributed by atoms with E-state index in [0.29, 0.717) is 5.92 Å². The van der Waals surface area contributed by atoms with Crippen molar-refractivity contribution in [1.82, 2.24) is 0 Å². The van der Waals surface area contributed by atoms with Gasteiger partial charge < -0.3 is 4.90 Å². The van der Waals surface area contributed by atoms with Crippen LogP contribution >= 0.6 is 0 Å². The van der Waals surface area contributed by atoms with Crippen molar-refractivity contribution in [2.45, 2.75) is 32.6 Å². The fraction of sp³-hybridized carbons (Fsp3) is 0.107. The molecule has 0 spiro atoms. The van der Waals surface area contributed by atoms with Gasteiger partial charge in [-0.05, 0) is 127 Å². The van der Waals surface area contributed by atoms with E-state index in [0.717, 1.165) is 23.5 Å². The monoisotopic (exact) mass is 731 g/mol. The molecule has 0 bridgehead atoms. The summed E-state index contributed by atoms with van der Waals surface area (Å²) in [4.78, 5) is 2.42. The van der Waals surface area contributed by atoms with E-state index in [2.05, 4.69) is 226 Å². The fourth-order valence-electron chi connectivity index (χ4n) is 9.37. The van der Waals surface area contributed by atoms with Gasteiger partial charge in [0, 0.05) is 22.4 Å². The van der Waals surface area contributed by atoms with Crippen molar-refractivity contribution in [2.24, 2.45) is 5.92 Å². The van der Waals surface area contributed by atoms with Crippen LogP contribution in [0.25, 0.3) is 60.9 Å². The summed E-state index contributed by atoms with van der Waals surface area (Å²) in [6, 6.07) is 69.0. The van der Waals surface area contributed by atoms with Crippen LogP contribution in [0.5, 0.6) is 0 Å². The third-order valence-corrected chi connectivity index (χ3v) is 12.3. The summed E-state index contributed by atoms with van der Waals surface area (Å²) < 4.78 is 0. The number of hydrogen-bond acceptors (Lipinski definition) is 1. The number of allylic oxidation sites excluding steroid dienone is 4. The summed E-state index contributed by atoms with van der Waals surface area (Å²) in [5.41, 5.74) is 18.9. The van der Waals surface area contributed by atoms with Gasteiger partial charge in [-0.1, -0.05) is 179 Å². The summed E-state index contributed by atoms with van der Waals surface area (Å²) >= 11 is 0. The molecule has 1 heteroatoms. The Labute approximate surface area is 336 Å². The van der Waals surface area contributed by atoms with Crippen molar-refractivity contribution in [2.75, 3.05) is 4.90 Å². The van der Waals surface area contributed by atoms with Crippen LogP contribution in [-0.4, -0.2) is 0 Å². The average Bonchev–Trinajstić information content (AvgIpc) is 3.50. The molecular weight excluding hydrogens is 687 g/mol. The molecule has 1 atom stereocenters. The zero-order valence-corrected chi connectivity index (χ0v) is 32.8. The van der Waals surface area contributed by atoms with Crippen LogP contribution in [0, 0.1) is 5.92 Å². The topological polar surface area (TPSA) is 3.24 Å². The Hall–Kier alpha value is -6.70. The largest absolute Gasteiger partial charge is 0.310 e. The summed E-state index contributed by atoms with van der Waals surface area (Å²) in [5.74, 6) is 0.547. The van der Waals surface area contributed by atoms with Gasteiger partial charge in [0.25, 0.3) is 0 Å². The lowest BCUT2D eigenvalue weighted by atomic mass is 9.78. The van der Waals surface area contributed by atoms with E-state index in [-0.39, 0.29) is 5.41 Å². The molecule has 0 N–H and O–H groups in total.